The first-order valence-electron chi connectivity index (χ1n) is 7.08. The van der Waals surface area contributed by atoms with Gasteiger partial charge in [-0.25, -0.2) is 9.78 Å². The summed E-state index contributed by atoms with van der Waals surface area (Å²) >= 11 is 3.30. The minimum Gasteiger partial charge on any atom is -0.477 e. The SMILES string of the molecule is CCC(C)c1nc(N2CCSC(C)C2C)sc1C(=O)O. The molecule has 0 amide bonds. The largest absolute Gasteiger partial charge is 0.477 e. The lowest BCUT2D eigenvalue weighted by molar-refractivity contribution is 0.0700. The van der Waals surface area contributed by atoms with E-state index in [0.29, 0.717) is 16.2 Å². The second-order valence-electron chi connectivity index (χ2n) is 5.34. The number of hydrogen-bond donors (Lipinski definition) is 1. The Labute approximate surface area is 128 Å². The van der Waals surface area contributed by atoms with Crippen LogP contribution in [0.1, 0.15) is 55.4 Å². The molecule has 0 aliphatic carbocycles. The Bertz CT molecular complexity index is 490. The van der Waals surface area contributed by atoms with Crippen LogP contribution < -0.4 is 4.90 Å². The van der Waals surface area contributed by atoms with E-state index in [1.165, 1.54) is 11.3 Å². The van der Waals surface area contributed by atoms with Gasteiger partial charge in [0, 0.05) is 23.6 Å². The van der Waals surface area contributed by atoms with Gasteiger partial charge in [-0.1, -0.05) is 32.1 Å². The summed E-state index contributed by atoms with van der Waals surface area (Å²) in [7, 11) is 0. The van der Waals surface area contributed by atoms with Gasteiger partial charge in [0.1, 0.15) is 4.88 Å². The summed E-state index contributed by atoms with van der Waals surface area (Å²) in [5.41, 5.74) is 0.748. The van der Waals surface area contributed by atoms with Crippen LogP contribution in [0.2, 0.25) is 0 Å². The molecule has 6 heteroatoms. The molecular formula is C14H22N2O2S2. The first-order chi connectivity index (χ1) is 9.45. The van der Waals surface area contributed by atoms with Crippen molar-refractivity contribution in [2.24, 2.45) is 0 Å². The quantitative estimate of drug-likeness (QED) is 0.918. The van der Waals surface area contributed by atoms with Crippen LogP contribution in [0.25, 0.3) is 0 Å². The lowest BCUT2D eigenvalue weighted by atomic mass is 10.0. The number of thioether (sulfide) groups is 1. The molecule has 1 aromatic rings. The topological polar surface area (TPSA) is 53.4 Å². The molecule has 1 aliphatic heterocycles. The highest BCUT2D eigenvalue weighted by atomic mass is 32.2. The van der Waals surface area contributed by atoms with E-state index in [1.807, 2.05) is 18.7 Å². The maximum atomic E-state index is 11.4. The lowest BCUT2D eigenvalue weighted by Gasteiger charge is -2.37. The Hall–Kier alpha value is -0.750. The van der Waals surface area contributed by atoms with Crippen LogP contribution in [0.15, 0.2) is 0 Å². The molecule has 1 saturated heterocycles. The number of thiazole rings is 1. The molecular weight excluding hydrogens is 292 g/mol. The third-order valence-electron chi connectivity index (χ3n) is 4.05. The standard InChI is InChI=1S/C14H22N2O2S2/c1-5-8(2)11-12(13(17)18)20-14(15-11)16-6-7-19-10(4)9(16)3/h8-10H,5-7H2,1-4H3,(H,17,18). The zero-order valence-corrected chi connectivity index (χ0v) is 14.1. The maximum Gasteiger partial charge on any atom is 0.347 e. The molecule has 112 valence electrons. The van der Waals surface area contributed by atoms with Crippen molar-refractivity contribution in [1.82, 2.24) is 4.98 Å². The van der Waals surface area contributed by atoms with Gasteiger partial charge in [0.15, 0.2) is 5.13 Å². The van der Waals surface area contributed by atoms with Crippen LogP contribution in [-0.2, 0) is 0 Å². The number of hydrogen-bond acceptors (Lipinski definition) is 5. The Morgan fingerprint density at radius 3 is 2.85 bits per heavy atom. The molecule has 2 heterocycles. The number of aromatic nitrogens is 1. The van der Waals surface area contributed by atoms with Gasteiger partial charge in [0.25, 0.3) is 0 Å². The fraction of sp³-hybridized carbons (Fsp3) is 0.714. The molecule has 2 rings (SSSR count). The van der Waals surface area contributed by atoms with E-state index in [-0.39, 0.29) is 5.92 Å². The zero-order chi connectivity index (χ0) is 14.9. The van der Waals surface area contributed by atoms with Crippen molar-refractivity contribution >= 4 is 34.2 Å². The predicted molar refractivity (Wildman–Crippen MR) is 86.5 cm³/mol. The zero-order valence-electron chi connectivity index (χ0n) is 12.4. The molecule has 0 bridgehead atoms. The number of anilines is 1. The van der Waals surface area contributed by atoms with E-state index in [9.17, 15) is 9.90 Å². The Balaban J connectivity index is 2.35. The second kappa shape index (κ2) is 6.35. The minimum absolute atomic E-state index is 0.193. The van der Waals surface area contributed by atoms with Gasteiger partial charge < -0.3 is 10.0 Å². The summed E-state index contributed by atoms with van der Waals surface area (Å²) in [6.07, 6.45) is 0.908. The van der Waals surface area contributed by atoms with Gasteiger partial charge in [-0.3, -0.25) is 0 Å². The molecule has 0 radical (unpaired) electrons. The van der Waals surface area contributed by atoms with Crippen molar-refractivity contribution in [3.05, 3.63) is 10.6 Å². The summed E-state index contributed by atoms with van der Waals surface area (Å²) in [6.45, 7) is 9.48. The summed E-state index contributed by atoms with van der Waals surface area (Å²) in [5, 5.41) is 10.8. The van der Waals surface area contributed by atoms with Crippen LogP contribution in [-0.4, -0.2) is 39.6 Å². The fourth-order valence-electron chi connectivity index (χ4n) is 2.33. The van der Waals surface area contributed by atoms with Gasteiger partial charge in [0.05, 0.1) is 5.69 Å². The van der Waals surface area contributed by atoms with E-state index in [2.05, 4.69) is 30.7 Å². The Morgan fingerprint density at radius 1 is 1.55 bits per heavy atom. The summed E-state index contributed by atoms with van der Waals surface area (Å²) in [6, 6.07) is 0.395. The predicted octanol–water partition coefficient (Wildman–Crippen LogP) is 3.69. The summed E-state index contributed by atoms with van der Waals surface area (Å²) in [4.78, 5) is 18.8. The van der Waals surface area contributed by atoms with E-state index < -0.39 is 5.97 Å². The molecule has 0 aromatic carbocycles. The number of aromatic carboxylic acids is 1. The normalized spacial score (nSPS) is 24.7. The van der Waals surface area contributed by atoms with Crippen LogP contribution in [0.5, 0.6) is 0 Å². The first-order valence-corrected chi connectivity index (χ1v) is 8.94. The van der Waals surface area contributed by atoms with Crippen molar-refractivity contribution in [2.75, 3.05) is 17.2 Å². The smallest absolute Gasteiger partial charge is 0.347 e. The van der Waals surface area contributed by atoms with Gasteiger partial charge in [-0.2, -0.15) is 11.8 Å². The average Bonchev–Trinajstić information content (AvgIpc) is 2.86. The van der Waals surface area contributed by atoms with Crippen molar-refractivity contribution in [3.8, 4) is 0 Å². The third kappa shape index (κ3) is 2.96. The van der Waals surface area contributed by atoms with Crippen LogP contribution in [0, 0.1) is 0 Å². The fourth-order valence-corrected chi connectivity index (χ4v) is 4.57. The average molecular weight is 314 g/mol. The van der Waals surface area contributed by atoms with Crippen molar-refractivity contribution in [2.45, 2.75) is 51.3 Å². The van der Waals surface area contributed by atoms with Crippen LogP contribution in [0.4, 0.5) is 5.13 Å². The molecule has 3 unspecified atom stereocenters. The van der Waals surface area contributed by atoms with E-state index in [4.69, 9.17) is 0 Å². The minimum atomic E-state index is -0.851. The van der Waals surface area contributed by atoms with Crippen LogP contribution in [0.3, 0.4) is 0 Å². The molecule has 1 N–H and O–H groups in total. The third-order valence-corrected chi connectivity index (χ3v) is 6.48. The molecule has 20 heavy (non-hydrogen) atoms. The van der Waals surface area contributed by atoms with E-state index in [1.54, 1.807) is 0 Å². The highest BCUT2D eigenvalue weighted by Gasteiger charge is 2.30. The monoisotopic (exact) mass is 314 g/mol. The highest BCUT2D eigenvalue weighted by Crippen LogP contribution is 2.36. The van der Waals surface area contributed by atoms with Crippen molar-refractivity contribution in [3.63, 3.8) is 0 Å². The van der Waals surface area contributed by atoms with Gasteiger partial charge in [-0.05, 0) is 19.3 Å². The summed E-state index contributed by atoms with van der Waals surface area (Å²) < 4.78 is 0. The molecule has 1 fully saturated rings. The maximum absolute atomic E-state index is 11.4. The Kier molecular flexibility index (Phi) is 4.96. The molecule has 0 saturated carbocycles. The summed E-state index contributed by atoms with van der Waals surface area (Å²) in [5.74, 6) is 0.417. The molecule has 4 nitrogen and oxygen atoms in total. The number of carboxylic acid groups (broad SMARTS) is 1. The van der Waals surface area contributed by atoms with Gasteiger partial charge in [0.2, 0.25) is 0 Å². The van der Waals surface area contributed by atoms with E-state index in [0.717, 1.165) is 29.5 Å². The van der Waals surface area contributed by atoms with Crippen molar-refractivity contribution in [1.29, 1.82) is 0 Å². The van der Waals surface area contributed by atoms with Gasteiger partial charge in [-0.15, -0.1) is 0 Å². The lowest BCUT2D eigenvalue weighted by Crippen LogP contribution is -2.44. The van der Waals surface area contributed by atoms with Crippen molar-refractivity contribution < 1.29 is 9.90 Å². The van der Waals surface area contributed by atoms with Crippen LogP contribution >= 0.6 is 23.1 Å². The first kappa shape index (κ1) is 15.6. The molecule has 1 aliphatic rings. The number of rotatable bonds is 4. The van der Waals surface area contributed by atoms with Gasteiger partial charge >= 0.3 is 5.97 Å². The molecule has 1 aromatic heterocycles. The molecule has 3 atom stereocenters. The van der Waals surface area contributed by atoms with E-state index >= 15 is 0 Å². The number of carboxylic acids is 1. The Morgan fingerprint density at radius 2 is 2.25 bits per heavy atom. The second-order valence-corrected chi connectivity index (χ2v) is 7.80. The molecule has 0 spiro atoms. The number of carbonyl (C=O) groups is 1. The number of nitrogens with zero attached hydrogens (tertiary/aromatic N) is 2. The highest BCUT2D eigenvalue weighted by molar-refractivity contribution is 8.00.